The van der Waals surface area contributed by atoms with Gasteiger partial charge in [0.2, 0.25) is 0 Å². The Labute approximate surface area is 60.0 Å². The summed E-state index contributed by atoms with van der Waals surface area (Å²) in [6.07, 6.45) is 2.30. The monoisotopic (exact) mass is 144 g/mol. The van der Waals surface area contributed by atoms with Crippen LogP contribution in [0.2, 0.25) is 0 Å². The van der Waals surface area contributed by atoms with Gasteiger partial charge in [-0.05, 0) is 12.8 Å². The molecule has 0 amide bonds. The molecule has 1 saturated heterocycles. The van der Waals surface area contributed by atoms with Crippen molar-refractivity contribution >= 4 is 6.29 Å². The Hall–Kier alpha value is -0.410. The average molecular weight is 144 g/mol. The van der Waals surface area contributed by atoms with Gasteiger partial charge < -0.3 is 14.6 Å². The van der Waals surface area contributed by atoms with Gasteiger partial charge >= 0.3 is 0 Å². The summed E-state index contributed by atoms with van der Waals surface area (Å²) in [6.45, 7) is 0.767. The molecule has 1 N–H and O–H groups in total. The zero-order valence-corrected chi connectivity index (χ0v) is 5.82. The average Bonchev–Trinajstić information content (AvgIpc) is 2.36. The van der Waals surface area contributed by atoms with E-state index in [-0.39, 0.29) is 18.6 Å². The lowest BCUT2D eigenvalue weighted by Crippen LogP contribution is -2.18. The standard InChI is InChI=1S/C7H12O3/c8-3-1-7-6(5-9)2-4-10-7/h5-8H,1-4H2. The van der Waals surface area contributed by atoms with Crippen LogP contribution in [0.3, 0.4) is 0 Å². The number of carbonyl (C=O) groups excluding carboxylic acids is 1. The molecule has 1 rings (SSSR count). The minimum absolute atomic E-state index is 0.0205. The van der Waals surface area contributed by atoms with Crippen molar-refractivity contribution in [3.05, 3.63) is 0 Å². The van der Waals surface area contributed by atoms with Crippen LogP contribution in [-0.2, 0) is 9.53 Å². The largest absolute Gasteiger partial charge is 0.396 e. The highest BCUT2D eigenvalue weighted by Gasteiger charge is 2.26. The Kier molecular flexibility index (Phi) is 2.83. The van der Waals surface area contributed by atoms with Crippen molar-refractivity contribution in [2.45, 2.75) is 18.9 Å². The number of hydrogen-bond donors (Lipinski definition) is 1. The number of hydrogen-bond acceptors (Lipinski definition) is 3. The molecule has 0 aromatic rings. The first-order valence-corrected chi connectivity index (χ1v) is 3.56. The van der Waals surface area contributed by atoms with Crippen LogP contribution in [0.15, 0.2) is 0 Å². The van der Waals surface area contributed by atoms with Crippen LogP contribution in [0.4, 0.5) is 0 Å². The predicted octanol–water partition coefficient (Wildman–Crippen LogP) is -0.0272. The van der Waals surface area contributed by atoms with Crippen molar-refractivity contribution < 1.29 is 14.6 Å². The molecule has 1 aliphatic heterocycles. The summed E-state index contributed by atoms with van der Waals surface area (Å²) in [5, 5.41) is 8.54. The van der Waals surface area contributed by atoms with E-state index in [1.807, 2.05) is 0 Å². The molecular formula is C7H12O3. The second-order valence-corrected chi connectivity index (χ2v) is 2.51. The summed E-state index contributed by atoms with van der Waals surface area (Å²) in [4.78, 5) is 10.3. The normalized spacial score (nSPS) is 32.5. The Morgan fingerprint density at radius 1 is 1.70 bits per heavy atom. The summed E-state index contributed by atoms with van der Waals surface area (Å²) < 4.78 is 5.21. The Bertz CT molecular complexity index is 113. The summed E-state index contributed by atoms with van der Waals surface area (Å²) in [5.41, 5.74) is 0. The lowest BCUT2D eigenvalue weighted by atomic mass is 10.0. The van der Waals surface area contributed by atoms with Crippen molar-refractivity contribution in [3.8, 4) is 0 Å². The van der Waals surface area contributed by atoms with Crippen LogP contribution in [0.5, 0.6) is 0 Å². The molecule has 1 fully saturated rings. The van der Waals surface area contributed by atoms with Gasteiger partial charge in [-0.1, -0.05) is 0 Å². The third-order valence-electron chi connectivity index (χ3n) is 1.85. The highest BCUT2D eigenvalue weighted by atomic mass is 16.5. The first kappa shape index (κ1) is 7.69. The quantitative estimate of drug-likeness (QED) is 0.566. The van der Waals surface area contributed by atoms with Gasteiger partial charge in [-0.15, -0.1) is 0 Å². The Morgan fingerprint density at radius 2 is 2.50 bits per heavy atom. The number of aliphatic hydroxyl groups excluding tert-OH is 1. The number of carbonyl (C=O) groups is 1. The van der Waals surface area contributed by atoms with Crippen LogP contribution in [0.1, 0.15) is 12.8 Å². The van der Waals surface area contributed by atoms with Crippen LogP contribution in [0, 0.1) is 5.92 Å². The maximum absolute atomic E-state index is 10.3. The SMILES string of the molecule is O=CC1CCOC1CCO. The van der Waals surface area contributed by atoms with E-state index in [0.29, 0.717) is 13.0 Å². The molecular weight excluding hydrogens is 132 g/mol. The van der Waals surface area contributed by atoms with Crippen LogP contribution >= 0.6 is 0 Å². The second-order valence-electron chi connectivity index (χ2n) is 2.51. The maximum atomic E-state index is 10.3. The molecule has 1 aliphatic rings. The van der Waals surface area contributed by atoms with Crippen molar-refractivity contribution in [1.82, 2.24) is 0 Å². The first-order valence-electron chi connectivity index (χ1n) is 3.56. The molecule has 0 radical (unpaired) electrons. The lowest BCUT2D eigenvalue weighted by Gasteiger charge is -2.10. The molecule has 58 valence electrons. The fourth-order valence-corrected chi connectivity index (χ4v) is 1.25. The highest BCUT2D eigenvalue weighted by Crippen LogP contribution is 2.20. The zero-order valence-electron chi connectivity index (χ0n) is 5.82. The van der Waals surface area contributed by atoms with E-state index < -0.39 is 0 Å². The third-order valence-corrected chi connectivity index (χ3v) is 1.85. The first-order chi connectivity index (χ1) is 4.88. The number of ether oxygens (including phenoxy) is 1. The fraction of sp³-hybridized carbons (Fsp3) is 0.857. The topological polar surface area (TPSA) is 46.5 Å². The number of aliphatic hydroxyl groups is 1. The highest BCUT2D eigenvalue weighted by molar-refractivity contribution is 5.54. The number of aldehydes is 1. The van der Waals surface area contributed by atoms with Gasteiger partial charge in [0.25, 0.3) is 0 Å². The number of rotatable bonds is 3. The predicted molar refractivity (Wildman–Crippen MR) is 35.6 cm³/mol. The Morgan fingerprint density at radius 3 is 3.10 bits per heavy atom. The third kappa shape index (κ3) is 1.55. The van der Waals surface area contributed by atoms with Crippen LogP contribution < -0.4 is 0 Å². The summed E-state index contributed by atoms with van der Waals surface area (Å²) >= 11 is 0. The van der Waals surface area contributed by atoms with E-state index in [1.165, 1.54) is 0 Å². The van der Waals surface area contributed by atoms with Gasteiger partial charge in [-0.3, -0.25) is 0 Å². The molecule has 0 aromatic carbocycles. The molecule has 2 unspecified atom stereocenters. The fourth-order valence-electron chi connectivity index (χ4n) is 1.25. The molecule has 0 saturated carbocycles. The Balaban J connectivity index is 2.34. The van der Waals surface area contributed by atoms with Crippen molar-refractivity contribution in [2.24, 2.45) is 5.92 Å². The smallest absolute Gasteiger partial charge is 0.125 e. The minimum Gasteiger partial charge on any atom is -0.396 e. The van der Waals surface area contributed by atoms with E-state index >= 15 is 0 Å². The maximum Gasteiger partial charge on any atom is 0.125 e. The molecule has 10 heavy (non-hydrogen) atoms. The van der Waals surface area contributed by atoms with Gasteiger partial charge in [0.15, 0.2) is 0 Å². The van der Waals surface area contributed by atoms with E-state index in [1.54, 1.807) is 0 Å². The zero-order chi connectivity index (χ0) is 7.40. The van der Waals surface area contributed by atoms with Gasteiger partial charge in [0.1, 0.15) is 6.29 Å². The minimum atomic E-state index is -0.0255. The second kappa shape index (κ2) is 3.68. The molecule has 1 heterocycles. The molecule has 2 atom stereocenters. The summed E-state index contributed by atoms with van der Waals surface area (Å²) in [5.74, 6) is 0.0205. The van der Waals surface area contributed by atoms with Gasteiger partial charge in [-0.2, -0.15) is 0 Å². The molecule has 0 bridgehead atoms. The van der Waals surface area contributed by atoms with Crippen molar-refractivity contribution in [1.29, 1.82) is 0 Å². The van der Waals surface area contributed by atoms with Crippen LogP contribution in [0.25, 0.3) is 0 Å². The molecule has 3 heteroatoms. The molecule has 0 spiro atoms. The summed E-state index contributed by atoms with van der Waals surface area (Å²) in [7, 11) is 0. The van der Waals surface area contributed by atoms with Gasteiger partial charge in [0, 0.05) is 19.1 Å². The molecule has 3 nitrogen and oxygen atoms in total. The van der Waals surface area contributed by atoms with Gasteiger partial charge in [-0.25, -0.2) is 0 Å². The van der Waals surface area contributed by atoms with Crippen molar-refractivity contribution in [3.63, 3.8) is 0 Å². The van der Waals surface area contributed by atoms with E-state index in [9.17, 15) is 4.79 Å². The van der Waals surface area contributed by atoms with Crippen LogP contribution in [-0.4, -0.2) is 30.7 Å². The summed E-state index contributed by atoms with van der Waals surface area (Å²) in [6, 6.07) is 0. The van der Waals surface area contributed by atoms with E-state index in [0.717, 1.165) is 12.7 Å². The van der Waals surface area contributed by atoms with Gasteiger partial charge in [0.05, 0.1) is 6.10 Å². The van der Waals surface area contributed by atoms with Crippen molar-refractivity contribution in [2.75, 3.05) is 13.2 Å². The van der Waals surface area contributed by atoms with E-state index in [2.05, 4.69) is 0 Å². The van der Waals surface area contributed by atoms with E-state index in [4.69, 9.17) is 9.84 Å². The molecule has 0 aliphatic carbocycles. The molecule has 0 aromatic heterocycles. The lowest BCUT2D eigenvalue weighted by molar-refractivity contribution is -0.112.